The normalized spacial score (nSPS) is 24.1. The highest BCUT2D eigenvalue weighted by Gasteiger charge is 2.34. The van der Waals surface area contributed by atoms with Gasteiger partial charge in [0.05, 0.1) is 6.61 Å². The van der Waals surface area contributed by atoms with Crippen molar-refractivity contribution in [2.24, 2.45) is 11.8 Å². The highest BCUT2D eigenvalue weighted by Crippen LogP contribution is 2.35. The Morgan fingerprint density at radius 3 is 1.95 bits per heavy atom. The van der Waals surface area contributed by atoms with Crippen LogP contribution in [0.3, 0.4) is 0 Å². The molecular formula is C17H34N2O. The molecule has 0 heterocycles. The molecule has 0 spiro atoms. The largest absolute Gasteiger partial charge is 0.394 e. The quantitative estimate of drug-likeness (QED) is 0.646. The van der Waals surface area contributed by atoms with Gasteiger partial charge in [0.2, 0.25) is 0 Å². The highest BCUT2D eigenvalue weighted by atomic mass is 16.3. The number of nitrogens with zero attached hydrogens (tertiary/aromatic N) is 1. The van der Waals surface area contributed by atoms with Crippen molar-refractivity contribution in [3.8, 4) is 0 Å². The SMILES string of the molecule is CC(C)NC(C)(CO)CC(C)N(CC1CC1)CC1CC1. The Labute approximate surface area is 125 Å². The molecule has 2 N–H and O–H groups in total. The Kier molecular flexibility index (Phi) is 5.49. The molecule has 2 aliphatic rings. The van der Waals surface area contributed by atoms with Gasteiger partial charge >= 0.3 is 0 Å². The van der Waals surface area contributed by atoms with Crippen molar-refractivity contribution in [2.75, 3.05) is 19.7 Å². The molecule has 0 aromatic heterocycles. The third-order valence-electron chi connectivity index (χ3n) is 4.73. The van der Waals surface area contributed by atoms with Gasteiger partial charge in [-0.25, -0.2) is 0 Å². The van der Waals surface area contributed by atoms with E-state index in [1.54, 1.807) is 0 Å². The predicted molar refractivity (Wildman–Crippen MR) is 84.9 cm³/mol. The van der Waals surface area contributed by atoms with Gasteiger partial charge in [-0.3, -0.25) is 0 Å². The second-order valence-corrected chi connectivity index (χ2v) is 7.91. The second kappa shape index (κ2) is 6.76. The second-order valence-electron chi connectivity index (χ2n) is 7.91. The van der Waals surface area contributed by atoms with Crippen molar-refractivity contribution in [1.29, 1.82) is 0 Å². The van der Waals surface area contributed by atoms with Crippen molar-refractivity contribution in [3.05, 3.63) is 0 Å². The van der Waals surface area contributed by atoms with E-state index in [1.807, 2.05) is 0 Å². The first-order chi connectivity index (χ1) is 9.42. The first-order valence-corrected chi connectivity index (χ1v) is 8.54. The molecule has 2 atom stereocenters. The number of hydrogen-bond donors (Lipinski definition) is 2. The molecule has 2 aliphatic carbocycles. The summed E-state index contributed by atoms with van der Waals surface area (Å²) in [4.78, 5) is 2.70. The average Bonchev–Trinajstić information content (AvgIpc) is 3.21. The van der Waals surface area contributed by atoms with Crippen molar-refractivity contribution in [3.63, 3.8) is 0 Å². The van der Waals surface area contributed by atoms with E-state index < -0.39 is 0 Å². The van der Waals surface area contributed by atoms with E-state index in [0.717, 1.165) is 18.3 Å². The van der Waals surface area contributed by atoms with Crippen LogP contribution in [0.2, 0.25) is 0 Å². The topological polar surface area (TPSA) is 35.5 Å². The van der Waals surface area contributed by atoms with Crippen LogP contribution in [0.15, 0.2) is 0 Å². The minimum atomic E-state index is -0.154. The van der Waals surface area contributed by atoms with E-state index in [9.17, 15) is 5.11 Å². The fourth-order valence-electron chi connectivity index (χ4n) is 3.35. The molecule has 0 aromatic carbocycles. The third-order valence-corrected chi connectivity index (χ3v) is 4.73. The van der Waals surface area contributed by atoms with Crippen molar-refractivity contribution >= 4 is 0 Å². The molecule has 118 valence electrons. The van der Waals surface area contributed by atoms with Crippen LogP contribution in [0, 0.1) is 11.8 Å². The van der Waals surface area contributed by atoms with Crippen LogP contribution < -0.4 is 5.32 Å². The van der Waals surface area contributed by atoms with E-state index in [2.05, 4.69) is 37.9 Å². The first-order valence-electron chi connectivity index (χ1n) is 8.54. The maximum absolute atomic E-state index is 9.77. The van der Waals surface area contributed by atoms with Gasteiger partial charge in [-0.05, 0) is 57.8 Å². The Bertz CT molecular complexity index is 285. The van der Waals surface area contributed by atoms with Crippen molar-refractivity contribution in [2.45, 2.75) is 77.4 Å². The monoisotopic (exact) mass is 282 g/mol. The molecule has 3 nitrogen and oxygen atoms in total. The van der Waals surface area contributed by atoms with Gasteiger partial charge in [0.15, 0.2) is 0 Å². The summed E-state index contributed by atoms with van der Waals surface area (Å²) in [6, 6.07) is 0.972. The van der Waals surface area contributed by atoms with Crippen LogP contribution in [-0.2, 0) is 0 Å². The van der Waals surface area contributed by atoms with E-state index in [-0.39, 0.29) is 12.1 Å². The van der Waals surface area contributed by atoms with Gasteiger partial charge in [0, 0.05) is 30.7 Å². The smallest absolute Gasteiger partial charge is 0.0611 e. The molecule has 2 saturated carbocycles. The lowest BCUT2D eigenvalue weighted by Crippen LogP contribution is -2.53. The minimum absolute atomic E-state index is 0.154. The molecule has 2 unspecified atom stereocenters. The van der Waals surface area contributed by atoms with Gasteiger partial charge in [-0.15, -0.1) is 0 Å². The molecule has 0 aromatic rings. The van der Waals surface area contributed by atoms with Crippen molar-refractivity contribution < 1.29 is 5.11 Å². The van der Waals surface area contributed by atoms with Crippen LogP contribution in [-0.4, -0.2) is 47.3 Å². The van der Waals surface area contributed by atoms with E-state index >= 15 is 0 Å². The molecule has 0 amide bonds. The van der Waals surface area contributed by atoms with E-state index in [0.29, 0.717) is 12.1 Å². The summed E-state index contributed by atoms with van der Waals surface area (Å²) >= 11 is 0. The standard InChI is InChI=1S/C17H34N2O/c1-13(2)18-17(4,12-20)9-14(3)19(10-15-5-6-15)11-16-7-8-16/h13-16,18,20H,5-12H2,1-4H3. The lowest BCUT2D eigenvalue weighted by molar-refractivity contribution is 0.103. The lowest BCUT2D eigenvalue weighted by Gasteiger charge is -2.38. The maximum Gasteiger partial charge on any atom is 0.0611 e. The number of aliphatic hydroxyl groups is 1. The molecule has 0 aliphatic heterocycles. The zero-order valence-electron chi connectivity index (χ0n) is 13.9. The molecule has 20 heavy (non-hydrogen) atoms. The van der Waals surface area contributed by atoms with E-state index in [4.69, 9.17) is 0 Å². The molecule has 2 rings (SSSR count). The summed E-state index contributed by atoms with van der Waals surface area (Å²) < 4.78 is 0. The summed E-state index contributed by atoms with van der Waals surface area (Å²) in [7, 11) is 0. The summed E-state index contributed by atoms with van der Waals surface area (Å²) in [6.07, 6.45) is 6.73. The summed E-state index contributed by atoms with van der Waals surface area (Å²) in [5.74, 6) is 1.91. The number of rotatable bonds is 10. The highest BCUT2D eigenvalue weighted by molar-refractivity contribution is 4.91. The van der Waals surface area contributed by atoms with Crippen LogP contribution in [0.5, 0.6) is 0 Å². The molecule has 0 radical (unpaired) electrons. The van der Waals surface area contributed by atoms with Gasteiger partial charge < -0.3 is 15.3 Å². The van der Waals surface area contributed by atoms with Crippen LogP contribution in [0.1, 0.15) is 59.8 Å². The van der Waals surface area contributed by atoms with Crippen LogP contribution >= 0.6 is 0 Å². The summed E-state index contributed by atoms with van der Waals surface area (Å²) in [6.45, 7) is 11.6. The lowest BCUT2D eigenvalue weighted by atomic mass is 9.92. The Balaban J connectivity index is 1.88. The third kappa shape index (κ3) is 5.34. The molecule has 3 heteroatoms. The fourth-order valence-corrected chi connectivity index (χ4v) is 3.35. The Hall–Kier alpha value is -0.120. The molecule has 0 saturated heterocycles. The predicted octanol–water partition coefficient (Wildman–Crippen LogP) is 2.64. The van der Waals surface area contributed by atoms with Gasteiger partial charge in [-0.1, -0.05) is 13.8 Å². The van der Waals surface area contributed by atoms with Crippen LogP contribution in [0.4, 0.5) is 0 Å². The minimum Gasteiger partial charge on any atom is -0.394 e. The molecular weight excluding hydrogens is 248 g/mol. The zero-order valence-corrected chi connectivity index (χ0v) is 13.9. The molecule has 0 bridgehead atoms. The van der Waals surface area contributed by atoms with Gasteiger partial charge in [0.25, 0.3) is 0 Å². The summed E-state index contributed by atoms with van der Waals surface area (Å²) in [5.41, 5.74) is -0.154. The maximum atomic E-state index is 9.77. The summed E-state index contributed by atoms with van der Waals surface area (Å²) in [5, 5.41) is 13.3. The molecule has 2 fully saturated rings. The first kappa shape index (κ1) is 16.3. The number of nitrogens with one attached hydrogen (secondary N) is 1. The number of aliphatic hydroxyl groups excluding tert-OH is 1. The van der Waals surface area contributed by atoms with Crippen molar-refractivity contribution in [1.82, 2.24) is 10.2 Å². The Morgan fingerprint density at radius 1 is 1.10 bits per heavy atom. The zero-order chi connectivity index (χ0) is 14.8. The van der Waals surface area contributed by atoms with Gasteiger partial charge in [-0.2, -0.15) is 0 Å². The van der Waals surface area contributed by atoms with Crippen LogP contribution in [0.25, 0.3) is 0 Å². The average molecular weight is 282 g/mol. The van der Waals surface area contributed by atoms with E-state index in [1.165, 1.54) is 38.8 Å². The van der Waals surface area contributed by atoms with Gasteiger partial charge in [0.1, 0.15) is 0 Å². The number of hydrogen-bond acceptors (Lipinski definition) is 3. The Morgan fingerprint density at radius 2 is 1.60 bits per heavy atom. The fraction of sp³-hybridized carbons (Fsp3) is 1.00.